The first-order valence-corrected chi connectivity index (χ1v) is 4.04. The van der Waals surface area contributed by atoms with Crippen molar-refractivity contribution in [3.8, 4) is 5.75 Å². The first kappa shape index (κ1) is 10.4. The maximum atomic E-state index is 10.6. The lowest BCUT2D eigenvalue weighted by Crippen LogP contribution is -2.04. The van der Waals surface area contributed by atoms with Gasteiger partial charge in [0.25, 0.3) is 0 Å². The van der Waals surface area contributed by atoms with Crippen molar-refractivity contribution in [3.63, 3.8) is 0 Å². The number of rotatable bonds is 3. The van der Waals surface area contributed by atoms with Crippen LogP contribution in [-0.2, 0) is 11.4 Å². The van der Waals surface area contributed by atoms with Crippen molar-refractivity contribution in [1.82, 2.24) is 0 Å². The molecule has 0 unspecified atom stereocenters. The predicted molar refractivity (Wildman–Crippen MR) is 49.1 cm³/mol. The highest BCUT2D eigenvalue weighted by atomic mass is 16.5. The Morgan fingerprint density at radius 1 is 1.57 bits per heavy atom. The molecule has 4 heteroatoms. The second kappa shape index (κ2) is 4.53. The van der Waals surface area contributed by atoms with E-state index in [0.717, 1.165) is 0 Å². The summed E-state index contributed by atoms with van der Waals surface area (Å²) in [5, 5.41) is 8.81. The minimum absolute atomic E-state index is 0.152. The van der Waals surface area contributed by atoms with E-state index in [1.807, 2.05) is 0 Å². The van der Waals surface area contributed by atoms with Crippen LogP contribution in [0.15, 0.2) is 18.2 Å². The molecule has 0 atom stereocenters. The molecule has 0 fully saturated rings. The van der Waals surface area contributed by atoms with E-state index in [1.54, 1.807) is 6.07 Å². The van der Waals surface area contributed by atoms with E-state index < -0.39 is 5.97 Å². The summed E-state index contributed by atoms with van der Waals surface area (Å²) in [4.78, 5) is 21.3. The van der Waals surface area contributed by atoms with E-state index in [0.29, 0.717) is 11.8 Å². The number of esters is 1. The number of benzene rings is 1. The third-order valence-electron chi connectivity index (χ3n) is 1.64. The Bertz CT molecular complexity index is 357. The lowest BCUT2D eigenvalue weighted by molar-refractivity contribution is -0.131. The smallest absolute Gasteiger partial charge is 0.308 e. The minimum atomic E-state index is -0.482. The van der Waals surface area contributed by atoms with Gasteiger partial charge in [0.1, 0.15) is 5.75 Å². The maximum absolute atomic E-state index is 10.6. The van der Waals surface area contributed by atoms with Gasteiger partial charge in [-0.25, -0.2) is 0 Å². The number of aliphatic hydroxyl groups excluding tert-OH is 1. The standard InChI is InChI=1S/C10H10O4/c1-7(13)14-10-3-2-8(5-11)4-9(10)6-12/h2-4,6,11H,5H2,1H3. The van der Waals surface area contributed by atoms with Crippen LogP contribution in [0.2, 0.25) is 0 Å². The zero-order valence-electron chi connectivity index (χ0n) is 7.69. The van der Waals surface area contributed by atoms with Crippen LogP contribution >= 0.6 is 0 Å². The Morgan fingerprint density at radius 3 is 2.79 bits per heavy atom. The summed E-state index contributed by atoms with van der Waals surface area (Å²) in [6.07, 6.45) is 0.581. The SMILES string of the molecule is CC(=O)Oc1ccc(CO)cc1C=O. The Balaban J connectivity index is 3.04. The number of carbonyl (C=O) groups excluding carboxylic acids is 2. The monoisotopic (exact) mass is 194 g/mol. The van der Waals surface area contributed by atoms with E-state index in [2.05, 4.69) is 0 Å². The number of aliphatic hydroxyl groups is 1. The summed E-state index contributed by atoms with van der Waals surface area (Å²) in [5.74, 6) is -0.269. The molecule has 14 heavy (non-hydrogen) atoms. The average Bonchev–Trinajstić information content (AvgIpc) is 2.17. The molecule has 4 nitrogen and oxygen atoms in total. The fraction of sp³-hybridized carbons (Fsp3) is 0.200. The van der Waals surface area contributed by atoms with E-state index in [9.17, 15) is 9.59 Å². The molecule has 0 amide bonds. The van der Waals surface area contributed by atoms with Crippen molar-refractivity contribution in [1.29, 1.82) is 0 Å². The Kier molecular flexibility index (Phi) is 3.36. The zero-order chi connectivity index (χ0) is 10.6. The molecule has 0 radical (unpaired) electrons. The van der Waals surface area contributed by atoms with Crippen LogP contribution in [0.3, 0.4) is 0 Å². The molecule has 74 valence electrons. The maximum Gasteiger partial charge on any atom is 0.308 e. The summed E-state index contributed by atoms with van der Waals surface area (Å²) in [7, 11) is 0. The lowest BCUT2D eigenvalue weighted by atomic mass is 10.1. The van der Waals surface area contributed by atoms with Crippen LogP contribution in [0, 0.1) is 0 Å². The summed E-state index contributed by atoms with van der Waals surface area (Å²) >= 11 is 0. The van der Waals surface area contributed by atoms with Crippen LogP contribution in [0.1, 0.15) is 22.8 Å². The van der Waals surface area contributed by atoms with Gasteiger partial charge in [-0.05, 0) is 17.7 Å². The molecule has 1 aromatic carbocycles. The molecule has 0 saturated carbocycles. The van der Waals surface area contributed by atoms with Gasteiger partial charge in [0.15, 0.2) is 6.29 Å². The topological polar surface area (TPSA) is 63.6 Å². The minimum Gasteiger partial charge on any atom is -0.426 e. The van der Waals surface area contributed by atoms with Gasteiger partial charge in [-0.2, -0.15) is 0 Å². The molecular weight excluding hydrogens is 184 g/mol. The second-order valence-electron chi connectivity index (χ2n) is 2.74. The molecule has 0 heterocycles. The van der Waals surface area contributed by atoms with Gasteiger partial charge < -0.3 is 9.84 Å². The van der Waals surface area contributed by atoms with Crippen molar-refractivity contribution >= 4 is 12.3 Å². The number of aldehydes is 1. The fourth-order valence-electron chi connectivity index (χ4n) is 1.04. The number of ether oxygens (including phenoxy) is 1. The Labute approximate surface area is 81.1 Å². The van der Waals surface area contributed by atoms with Crippen molar-refractivity contribution in [2.75, 3.05) is 0 Å². The molecule has 0 aliphatic carbocycles. The fourth-order valence-corrected chi connectivity index (χ4v) is 1.04. The Hall–Kier alpha value is -1.68. The number of hydrogen-bond donors (Lipinski definition) is 1. The van der Waals surface area contributed by atoms with Gasteiger partial charge >= 0.3 is 5.97 Å². The van der Waals surface area contributed by atoms with E-state index in [-0.39, 0.29) is 17.9 Å². The number of hydrogen-bond acceptors (Lipinski definition) is 4. The van der Waals surface area contributed by atoms with E-state index in [1.165, 1.54) is 19.1 Å². The first-order valence-electron chi connectivity index (χ1n) is 4.04. The zero-order valence-corrected chi connectivity index (χ0v) is 7.69. The molecule has 0 bridgehead atoms. The van der Waals surface area contributed by atoms with Crippen molar-refractivity contribution < 1.29 is 19.4 Å². The normalized spacial score (nSPS) is 9.57. The molecule has 1 aromatic rings. The Morgan fingerprint density at radius 2 is 2.29 bits per heavy atom. The van der Waals surface area contributed by atoms with E-state index >= 15 is 0 Å². The van der Waals surface area contributed by atoms with Crippen LogP contribution in [0.25, 0.3) is 0 Å². The molecule has 0 spiro atoms. The lowest BCUT2D eigenvalue weighted by Gasteiger charge is -2.05. The molecular formula is C10H10O4. The molecule has 1 N–H and O–H groups in total. The highest BCUT2D eigenvalue weighted by Gasteiger charge is 2.06. The molecule has 1 rings (SSSR count). The highest BCUT2D eigenvalue weighted by molar-refractivity contribution is 5.82. The highest BCUT2D eigenvalue weighted by Crippen LogP contribution is 2.18. The average molecular weight is 194 g/mol. The quantitative estimate of drug-likeness (QED) is 0.441. The summed E-state index contributed by atoms with van der Waals surface area (Å²) in [6, 6.07) is 4.55. The summed E-state index contributed by atoms with van der Waals surface area (Å²) < 4.78 is 4.78. The molecule has 0 aliphatic rings. The van der Waals surface area contributed by atoms with Crippen LogP contribution in [-0.4, -0.2) is 17.4 Å². The first-order chi connectivity index (χ1) is 6.67. The van der Waals surface area contributed by atoms with Gasteiger partial charge in [-0.1, -0.05) is 6.07 Å². The van der Waals surface area contributed by atoms with Gasteiger partial charge in [-0.15, -0.1) is 0 Å². The largest absolute Gasteiger partial charge is 0.426 e. The van der Waals surface area contributed by atoms with Crippen LogP contribution in [0.4, 0.5) is 0 Å². The van der Waals surface area contributed by atoms with E-state index in [4.69, 9.17) is 9.84 Å². The molecule has 0 saturated heterocycles. The van der Waals surface area contributed by atoms with Crippen LogP contribution in [0.5, 0.6) is 5.75 Å². The van der Waals surface area contributed by atoms with Crippen molar-refractivity contribution in [3.05, 3.63) is 29.3 Å². The molecule has 0 aliphatic heterocycles. The third-order valence-corrected chi connectivity index (χ3v) is 1.64. The predicted octanol–water partition coefficient (Wildman–Crippen LogP) is 0.917. The van der Waals surface area contributed by atoms with Gasteiger partial charge in [0.2, 0.25) is 0 Å². The number of carbonyl (C=O) groups is 2. The molecule has 0 aromatic heterocycles. The van der Waals surface area contributed by atoms with Crippen molar-refractivity contribution in [2.45, 2.75) is 13.5 Å². The third kappa shape index (κ3) is 2.40. The van der Waals surface area contributed by atoms with Gasteiger partial charge in [0, 0.05) is 6.92 Å². The van der Waals surface area contributed by atoms with Gasteiger partial charge in [-0.3, -0.25) is 9.59 Å². The van der Waals surface area contributed by atoms with Gasteiger partial charge in [0.05, 0.1) is 12.2 Å². The summed E-state index contributed by atoms with van der Waals surface area (Å²) in [5.41, 5.74) is 0.856. The van der Waals surface area contributed by atoms with Crippen molar-refractivity contribution in [2.24, 2.45) is 0 Å². The second-order valence-corrected chi connectivity index (χ2v) is 2.74. The summed E-state index contributed by atoms with van der Waals surface area (Å²) in [6.45, 7) is 1.11. The van der Waals surface area contributed by atoms with Crippen LogP contribution < -0.4 is 4.74 Å².